The summed E-state index contributed by atoms with van der Waals surface area (Å²) in [6.45, 7) is 3.57. The number of aromatic nitrogens is 1. The van der Waals surface area contributed by atoms with Crippen LogP contribution in [0.2, 0.25) is 0 Å². The first-order valence-corrected chi connectivity index (χ1v) is 8.23. The summed E-state index contributed by atoms with van der Waals surface area (Å²) in [5.74, 6) is 0.974. The number of nitrogens with one attached hydrogen (secondary N) is 1. The molecule has 0 saturated carbocycles. The Hall–Kier alpha value is -3.03. The molecule has 0 aliphatic rings. The molecule has 1 aromatic carbocycles. The van der Waals surface area contributed by atoms with Crippen LogP contribution < -0.4 is 14.8 Å². The third kappa shape index (κ3) is 5.51. The average molecular weight is 362 g/mol. The van der Waals surface area contributed by atoms with E-state index in [2.05, 4.69) is 10.5 Å². The van der Waals surface area contributed by atoms with Gasteiger partial charge in [0.25, 0.3) is 5.91 Å². The standard InChI is InChI=1S/C18H22N2O6/c1-4-13(18(22)19-16-11-12(2)26-20-16)25-17(21)9-10-24-15-8-6-5-7-14(15)23-3/h5-8,11,13H,4,9-10H2,1-3H3,(H,19,20,22). The highest BCUT2D eigenvalue weighted by Crippen LogP contribution is 2.25. The van der Waals surface area contributed by atoms with E-state index < -0.39 is 18.0 Å². The van der Waals surface area contributed by atoms with Gasteiger partial charge in [0, 0.05) is 6.07 Å². The lowest BCUT2D eigenvalue weighted by atomic mass is 10.2. The monoisotopic (exact) mass is 362 g/mol. The van der Waals surface area contributed by atoms with E-state index in [0.29, 0.717) is 23.7 Å². The molecule has 140 valence electrons. The van der Waals surface area contributed by atoms with Crippen molar-refractivity contribution in [1.82, 2.24) is 5.16 Å². The molecule has 26 heavy (non-hydrogen) atoms. The molecule has 2 aromatic rings. The molecule has 2 rings (SSSR count). The van der Waals surface area contributed by atoms with Gasteiger partial charge in [0.2, 0.25) is 0 Å². The van der Waals surface area contributed by atoms with Crippen molar-refractivity contribution >= 4 is 17.7 Å². The maximum Gasteiger partial charge on any atom is 0.310 e. The van der Waals surface area contributed by atoms with Crippen molar-refractivity contribution in [2.24, 2.45) is 0 Å². The largest absolute Gasteiger partial charge is 0.493 e. The smallest absolute Gasteiger partial charge is 0.310 e. The van der Waals surface area contributed by atoms with E-state index in [-0.39, 0.29) is 18.8 Å². The minimum absolute atomic E-state index is 0.00486. The van der Waals surface area contributed by atoms with E-state index in [4.69, 9.17) is 18.7 Å². The van der Waals surface area contributed by atoms with Crippen molar-refractivity contribution in [3.8, 4) is 11.5 Å². The molecular weight excluding hydrogens is 340 g/mol. The lowest BCUT2D eigenvalue weighted by Gasteiger charge is -2.15. The molecular formula is C18H22N2O6. The number of carbonyl (C=O) groups excluding carboxylic acids is 2. The van der Waals surface area contributed by atoms with Gasteiger partial charge in [0.05, 0.1) is 20.1 Å². The van der Waals surface area contributed by atoms with Crippen LogP contribution in [0.1, 0.15) is 25.5 Å². The van der Waals surface area contributed by atoms with Crippen LogP contribution in [0.4, 0.5) is 5.82 Å². The van der Waals surface area contributed by atoms with E-state index in [0.717, 1.165) is 0 Å². The molecule has 0 spiro atoms. The number of hydrogen-bond acceptors (Lipinski definition) is 7. The number of nitrogens with zero attached hydrogens (tertiary/aromatic N) is 1. The highest BCUT2D eigenvalue weighted by molar-refractivity contribution is 5.94. The second-order valence-electron chi connectivity index (χ2n) is 5.45. The molecule has 1 amide bonds. The van der Waals surface area contributed by atoms with Crippen molar-refractivity contribution in [3.63, 3.8) is 0 Å². The Morgan fingerprint density at radius 2 is 2.00 bits per heavy atom. The fraction of sp³-hybridized carbons (Fsp3) is 0.389. The third-order valence-electron chi connectivity index (χ3n) is 3.45. The zero-order valence-electron chi connectivity index (χ0n) is 15.0. The Morgan fingerprint density at radius 1 is 1.27 bits per heavy atom. The van der Waals surface area contributed by atoms with Gasteiger partial charge in [-0.15, -0.1) is 0 Å². The molecule has 0 saturated heterocycles. The maximum atomic E-state index is 12.1. The predicted molar refractivity (Wildman–Crippen MR) is 93.1 cm³/mol. The molecule has 0 radical (unpaired) electrons. The summed E-state index contributed by atoms with van der Waals surface area (Å²) in [6.07, 6.45) is -0.571. The molecule has 1 unspecified atom stereocenters. The number of methoxy groups -OCH3 is 1. The summed E-state index contributed by atoms with van der Waals surface area (Å²) in [4.78, 5) is 24.1. The van der Waals surface area contributed by atoms with Crippen LogP contribution in [0.15, 0.2) is 34.9 Å². The number of hydrogen-bond donors (Lipinski definition) is 1. The number of carbonyl (C=O) groups is 2. The van der Waals surface area contributed by atoms with Crippen molar-refractivity contribution in [1.29, 1.82) is 0 Å². The first kappa shape index (κ1) is 19.3. The van der Waals surface area contributed by atoms with Crippen LogP contribution >= 0.6 is 0 Å². The number of anilines is 1. The number of amides is 1. The van der Waals surface area contributed by atoms with E-state index in [1.165, 1.54) is 7.11 Å². The fourth-order valence-electron chi connectivity index (χ4n) is 2.15. The van der Waals surface area contributed by atoms with Gasteiger partial charge in [-0.3, -0.25) is 9.59 Å². The SMILES string of the molecule is CCC(OC(=O)CCOc1ccccc1OC)C(=O)Nc1cc(C)on1. The highest BCUT2D eigenvalue weighted by Gasteiger charge is 2.22. The van der Waals surface area contributed by atoms with Gasteiger partial charge in [-0.25, -0.2) is 0 Å². The van der Waals surface area contributed by atoms with E-state index in [1.807, 2.05) is 6.07 Å². The second-order valence-corrected chi connectivity index (χ2v) is 5.45. The molecule has 1 aromatic heterocycles. The van der Waals surface area contributed by atoms with Crippen LogP contribution in [0.5, 0.6) is 11.5 Å². The van der Waals surface area contributed by atoms with E-state index in [9.17, 15) is 9.59 Å². The molecule has 1 N–H and O–H groups in total. The quantitative estimate of drug-likeness (QED) is 0.685. The molecule has 1 atom stereocenters. The summed E-state index contributed by atoms with van der Waals surface area (Å²) in [5.41, 5.74) is 0. The van der Waals surface area contributed by atoms with Crippen LogP contribution in [-0.4, -0.2) is 36.9 Å². The topological polar surface area (TPSA) is 99.9 Å². The molecule has 0 aliphatic carbocycles. The van der Waals surface area contributed by atoms with E-state index >= 15 is 0 Å². The maximum absolute atomic E-state index is 12.1. The lowest BCUT2D eigenvalue weighted by Crippen LogP contribution is -2.32. The van der Waals surface area contributed by atoms with Gasteiger partial charge >= 0.3 is 5.97 Å². The number of benzene rings is 1. The van der Waals surface area contributed by atoms with Crippen molar-refractivity contribution in [2.45, 2.75) is 32.8 Å². The number of esters is 1. The van der Waals surface area contributed by atoms with Crippen LogP contribution in [0, 0.1) is 6.92 Å². The molecule has 8 nitrogen and oxygen atoms in total. The van der Waals surface area contributed by atoms with Gasteiger partial charge in [-0.05, 0) is 25.5 Å². The fourth-order valence-corrected chi connectivity index (χ4v) is 2.15. The second kappa shape index (κ2) is 9.45. The molecule has 1 heterocycles. The summed E-state index contributed by atoms with van der Waals surface area (Å²) >= 11 is 0. The summed E-state index contributed by atoms with van der Waals surface area (Å²) in [6, 6.07) is 8.70. The minimum Gasteiger partial charge on any atom is -0.493 e. The number of aryl methyl sites for hydroxylation is 1. The molecule has 0 bridgehead atoms. The molecule has 0 fully saturated rings. The Kier molecular flexibility index (Phi) is 7.02. The summed E-state index contributed by atoms with van der Waals surface area (Å²) in [5, 5.41) is 6.22. The Labute approximate surface area is 151 Å². The van der Waals surface area contributed by atoms with Gasteiger partial charge in [-0.2, -0.15) is 0 Å². The van der Waals surface area contributed by atoms with Gasteiger partial charge in [-0.1, -0.05) is 24.2 Å². The Morgan fingerprint density at radius 3 is 2.62 bits per heavy atom. The van der Waals surface area contributed by atoms with Crippen LogP contribution in [0.25, 0.3) is 0 Å². The number of para-hydroxylation sites is 2. The molecule has 0 aliphatic heterocycles. The third-order valence-corrected chi connectivity index (χ3v) is 3.45. The number of rotatable bonds is 9. The van der Waals surface area contributed by atoms with Crippen molar-refractivity contribution in [3.05, 3.63) is 36.1 Å². The highest BCUT2D eigenvalue weighted by atomic mass is 16.6. The Bertz CT molecular complexity index is 743. The number of ether oxygens (including phenoxy) is 3. The van der Waals surface area contributed by atoms with Crippen LogP contribution in [0.3, 0.4) is 0 Å². The average Bonchev–Trinajstić information content (AvgIpc) is 3.04. The zero-order chi connectivity index (χ0) is 18.9. The normalized spacial score (nSPS) is 11.5. The Balaban J connectivity index is 1.80. The van der Waals surface area contributed by atoms with Crippen molar-refractivity contribution in [2.75, 3.05) is 19.0 Å². The molecule has 8 heteroatoms. The first-order chi connectivity index (χ1) is 12.5. The first-order valence-electron chi connectivity index (χ1n) is 8.23. The summed E-state index contributed by atoms with van der Waals surface area (Å²) < 4.78 is 20.8. The lowest BCUT2D eigenvalue weighted by molar-refractivity contribution is -0.154. The van der Waals surface area contributed by atoms with Gasteiger partial charge in [0.1, 0.15) is 5.76 Å². The van der Waals surface area contributed by atoms with E-state index in [1.54, 1.807) is 38.1 Å². The minimum atomic E-state index is -0.911. The predicted octanol–water partition coefficient (Wildman–Crippen LogP) is 2.72. The van der Waals surface area contributed by atoms with Gasteiger partial charge < -0.3 is 24.1 Å². The zero-order valence-corrected chi connectivity index (χ0v) is 15.0. The summed E-state index contributed by atoms with van der Waals surface area (Å²) in [7, 11) is 1.54. The van der Waals surface area contributed by atoms with Crippen molar-refractivity contribution < 1.29 is 28.3 Å². The van der Waals surface area contributed by atoms with Gasteiger partial charge in [0.15, 0.2) is 23.4 Å². The van der Waals surface area contributed by atoms with Crippen LogP contribution in [-0.2, 0) is 14.3 Å².